The minimum absolute atomic E-state index is 0.295. The standard InChI is InChI=1S/C15H17Cl2NO3/c1-2-3-9-18-13(19)10-21-14(20)8-7-11-5-4-6-12(16)15(11)17/h4-8H,2-3,9-10H2,1H3,(H,18,19)/b8-7+. The summed E-state index contributed by atoms with van der Waals surface area (Å²) < 4.78 is 4.81. The summed E-state index contributed by atoms with van der Waals surface area (Å²) in [6.45, 7) is 2.31. The number of halogens is 2. The third kappa shape index (κ3) is 6.65. The summed E-state index contributed by atoms with van der Waals surface area (Å²) in [6.07, 6.45) is 4.58. The van der Waals surface area contributed by atoms with Crippen molar-refractivity contribution in [2.24, 2.45) is 0 Å². The number of carbonyl (C=O) groups is 2. The molecule has 0 aliphatic rings. The van der Waals surface area contributed by atoms with Crippen molar-refractivity contribution < 1.29 is 14.3 Å². The predicted molar refractivity (Wildman–Crippen MR) is 84.4 cm³/mol. The average Bonchev–Trinajstić information content (AvgIpc) is 2.47. The van der Waals surface area contributed by atoms with E-state index < -0.39 is 5.97 Å². The molecule has 0 aromatic heterocycles. The van der Waals surface area contributed by atoms with Crippen molar-refractivity contribution in [3.63, 3.8) is 0 Å². The van der Waals surface area contributed by atoms with Crippen LogP contribution in [0.5, 0.6) is 0 Å². The van der Waals surface area contributed by atoms with Gasteiger partial charge in [0, 0.05) is 12.6 Å². The van der Waals surface area contributed by atoms with E-state index in [4.69, 9.17) is 27.9 Å². The molecule has 0 unspecified atom stereocenters. The molecule has 1 aromatic rings. The van der Waals surface area contributed by atoms with Gasteiger partial charge >= 0.3 is 5.97 Å². The zero-order chi connectivity index (χ0) is 15.7. The molecule has 1 N–H and O–H groups in total. The SMILES string of the molecule is CCCCNC(=O)COC(=O)/C=C/c1cccc(Cl)c1Cl. The molecule has 0 saturated carbocycles. The van der Waals surface area contributed by atoms with Gasteiger partial charge in [0.25, 0.3) is 5.91 Å². The van der Waals surface area contributed by atoms with Crippen LogP contribution in [0.2, 0.25) is 10.0 Å². The van der Waals surface area contributed by atoms with E-state index in [1.54, 1.807) is 18.2 Å². The highest BCUT2D eigenvalue weighted by Crippen LogP contribution is 2.26. The lowest BCUT2D eigenvalue weighted by atomic mass is 10.2. The summed E-state index contributed by atoms with van der Waals surface area (Å²) in [4.78, 5) is 22.8. The fraction of sp³-hybridized carbons (Fsp3) is 0.333. The fourth-order valence-electron chi connectivity index (χ4n) is 1.45. The maximum absolute atomic E-state index is 11.5. The second-order valence-electron chi connectivity index (χ2n) is 4.29. The van der Waals surface area contributed by atoms with Crippen LogP contribution in [-0.4, -0.2) is 25.0 Å². The lowest BCUT2D eigenvalue weighted by Gasteiger charge is -2.04. The summed E-state index contributed by atoms with van der Waals surface area (Å²) in [5.41, 5.74) is 0.605. The number of nitrogens with one attached hydrogen (secondary N) is 1. The van der Waals surface area contributed by atoms with Gasteiger partial charge in [0.15, 0.2) is 6.61 Å². The van der Waals surface area contributed by atoms with Crippen molar-refractivity contribution in [2.45, 2.75) is 19.8 Å². The molecule has 0 aliphatic heterocycles. The normalized spacial score (nSPS) is 10.6. The maximum atomic E-state index is 11.5. The van der Waals surface area contributed by atoms with Crippen molar-refractivity contribution in [1.82, 2.24) is 5.32 Å². The van der Waals surface area contributed by atoms with Crippen LogP contribution in [0.25, 0.3) is 6.08 Å². The second kappa shape index (κ2) is 9.42. The molecule has 0 heterocycles. The Hall–Kier alpha value is -1.52. The number of esters is 1. The maximum Gasteiger partial charge on any atom is 0.331 e. The Labute approximate surface area is 134 Å². The smallest absolute Gasteiger partial charge is 0.331 e. The Bertz CT molecular complexity index is 530. The van der Waals surface area contributed by atoms with E-state index in [2.05, 4.69) is 5.32 Å². The summed E-state index contributed by atoms with van der Waals surface area (Å²) >= 11 is 11.8. The number of hydrogen-bond donors (Lipinski definition) is 1. The zero-order valence-electron chi connectivity index (χ0n) is 11.7. The van der Waals surface area contributed by atoms with E-state index in [0.29, 0.717) is 22.2 Å². The number of hydrogen-bond acceptors (Lipinski definition) is 3. The van der Waals surface area contributed by atoms with E-state index in [0.717, 1.165) is 12.8 Å². The molecule has 0 saturated heterocycles. The summed E-state index contributed by atoms with van der Waals surface area (Å²) in [5.74, 6) is -0.928. The quantitative estimate of drug-likeness (QED) is 0.473. The first kappa shape index (κ1) is 17.5. The molecule has 114 valence electrons. The Morgan fingerprint density at radius 1 is 1.33 bits per heavy atom. The highest BCUT2D eigenvalue weighted by Gasteiger charge is 2.05. The van der Waals surface area contributed by atoms with Crippen molar-refractivity contribution in [2.75, 3.05) is 13.2 Å². The first-order valence-corrected chi connectivity index (χ1v) is 7.35. The minimum Gasteiger partial charge on any atom is -0.452 e. The summed E-state index contributed by atoms with van der Waals surface area (Å²) in [7, 11) is 0. The van der Waals surface area contributed by atoms with E-state index >= 15 is 0 Å². The van der Waals surface area contributed by atoms with Gasteiger partial charge in [0.1, 0.15) is 0 Å². The van der Waals surface area contributed by atoms with Gasteiger partial charge in [-0.05, 0) is 24.1 Å². The van der Waals surface area contributed by atoms with Crippen LogP contribution >= 0.6 is 23.2 Å². The Balaban J connectivity index is 2.41. The second-order valence-corrected chi connectivity index (χ2v) is 5.07. The first-order valence-electron chi connectivity index (χ1n) is 6.60. The summed E-state index contributed by atoms with van der Waals surface area (Å²) in [6, 6.07) is 5.09. The van der Waals surface area contributed by atoms with Gasteiger partial charge in [-0.3, -0.25) is 4.79 Å². The minimum atomic E-state index is -0.614. The molecule has 1 amide bonds. The lowest BCUT2D eigenvalue weighted by Crippen LogP contribution is -2.29. The van der Waals surface area contributed by atoms with Crippen molar-refractivity contribution >= 4 is 41.2 Å². The van der Waals surface area contributed by atoms with E-state index in [1.165, 1.54) is 12.2 Å². The van der Waals surface area contributed by atoms with Crippen LogP contribution in [0.1, 0.15) is 25.3 Å². The average molecular weight is 330 g/mol. The monoisotopic (exact) mass is 329 g/mol. The molecule has 21 heavy (non-hydrogen) atoms. The lowest BCUT2D eigenvalue weighted by molar-refractivity contribution is -0.143. The van der Waals surface area contributed by atoms with Crippen LogP contribution in [0.4, 0.5) is 0 Å². The zero-order valence-corrected chi connectivity index (χ0v) is 13.2. The molecular weight excluding hydrogens is 313 g/mol. The van der Waals surface area contributed by atoms with Crippen molar-refractivity contribution in [1.29, 1.82) is 0 Å². The van der Waals surface area contributed by atoms with Gasteiger partial charge in [-0.25, -0.2) is 4.79 Å². The molecule has 0 radical (unpaired) electrons. The van der Waals surface area contributed by atoms with Gasteiger partial charge in [0.05, 0.1) is 10.0 Å². The number of carbonyl (C=O) groups excluding carboxylic acids is 2. The Morgan fingerprint density at radius 3 is 2.81 bits per heavy atom. The molecule has 6 heteroatoms. The predicted octanol–water partition coefficient (Wildman–Crippen LogP) is 3.47. The van der Waals surface area contributed by atoms with Gasteiger partial charge in [-0.1, -0.05) is 48.7 Å². The number of unbranched alkanes of at least 4 members (excludes halogenated alkanes) is 1. The molecule has 0 atom stereocenters. The number of rotatable bonds is 7. The number of ether oxygens (including phenoxy) is 1. The third-order valence-electron chi connectivity index (χ3n) is 2.58. The molecular formula is C15H17Cl2NO3. The number of benzene rings is 1. The Morgan fingerprint density at radius 2 is 2.10 bits per heavy atom. The fourth-order valence-corrected chi connectivity index (χ4v) is 1.82. The van der Waals surface area contributed by atoms with Crippen LogP contribution in [0.3, 0.4) is 0 Å². The van der Waals surface area contributed by atoms with Crippen LogP contribution in [0, 0.1) is 0 Å². The molecule has 1 rings (SSSR count). The highest BCUT2D eigenvalue weighted by molar-refractivity contribution is 6.42. The van der Waals surface area contributed by atoms with Gasteiger partial charge in [-0.15, -0.1) is 0 Å². The third-order valence-corrected chi connectivity index (χ3v) is 3.41. The Kier molecular flexibility index (Phi) is 7.87. The van der Waals surface area contributed by atoms with Gasteiger partial charge < -0.3 is 10.1 Å². The van der Waals surface area contributed by atoms with E-state index in [-0.39, 0.29) is 12.5 Å². The van der Waals surface area contributed by atoms with Crippen molar-refractivity contribution in [3.05, 3.63) is 39.9 Å². The molecule has 0 spiro atoms. The summed E-state index contributed by atoms with van der Waals surface area (Å²) in [5, 5.41) is 3.42. The van der Waals surface area contributed by atoms with E-state index in [1.807, 2.05) is 6.92 Å². The largest absolute Gasteiger partial charge is 0.452 e. The topological polar surface area (TPSA) is 55.4 Å². The number of amides is 1. The van der Waals surface area contributed by atoms with Crippen LogP contribution in [0.15, 0.2) is 24.3 Å². The van der Waals surface area contributed by atoms with E-state index in [9.17, 15) is 9.59 Å². The van der Waals surface area contributed by atoms with Gasteiger partial charge in [0.2, 0.25) is 0 Å². The van der Waals surface area contributed by atoms with Crippen LogP contribution < -0.4 is 5.32 Å². The molecule has 1 aromatic carbocycles. The van der Waals surface area contributed by atoms with Gasteiger partial charge in [-0.2, -0.15) is 0 Å². The highest BCUT2D eigenvalue weighted by atomic mass is 35.5. The van der Waals surface area contributed by atoms with Crippen LogP contribution in [-0.2, 0) is 14.3 Å². The van der Waals surface area contributed by atoms with Crippen molar-refractivity contribution in [3.8, 4) is 0 Å². The molecule has 0 fully saturated rings. The first-order chi connectivity index (χ1) is 10.0. The molecule has 0 bridgehead atoms. The molecule has 4 nitrogen and oxygen atoms in total. The molecule has 0 aliphatic carbocycles.